The third kappa shape index (κ3) is 5.19. The SMILES string of the molecule is Cc1cc(C)n(-c2ccc(CNC(=O)CC(NC(N)=O)c3ccccc3F)cn2)n1. The van der Waals surface area contributed by atoms with Crippen LogP contribution in [0.2, 0.25) is 0 Å². The zero-order valence-corrected chi connectivity index (χ0v) is 16.7. The number of benzene rings is 1. The van der Waals surface area contributed by atoms with Gasteiger partial charge in [-0.3, -0.25) is 4.79 Å². The number of urea groups is 1. The number of aryl methyl sites for hydroxylation is 2. The molecule has 0 saturated carbocycles. The number of nitrogens with zero attached hydrogens (tertiary/aromatic N) is 3. The highest BCUT2D eigenvalue weighted by molar-refractivity contribution is 5.78. The number of nitrogens with one attached hydrogen (secondary N) is 2. The van der Waals surface area contributed by atoms with E-state index in [0.29, 0.717) is 5.82 Å². The summed E-state index contributed by atoms with van der Waals surface area (Å²) >= 11 is 0. The lowest BCUT2D eigenvalue weighted by atomic mass is 10.0. The molecule has 2 aromatic heterocycles. The van der Waals surface area contributed by atoms with Crippen molar-refractivity contribution >= 4 is 11.9 Å². The Morgan fingerprint density at radius 1 is 1.20 bits per heavy atom. The molecule has 2 heterocycles. The summed E-state index contributed by atoms with van der Waals surface area (Å²) in [7, 11) is 0. The molecule has 1 atom stereocenters. The van der Waals surface area contributed by atoms with Gasteiger partial charge >= 0.3 is 6.03 Å². The second-order valence-electron chi connectivity index (χ2n) is 6.93. The molecule has 1 unspecified atom stereocenters. The minimum absolute atomic E-state index is 0.152. The van der Waals surface area contributed by atoms with Gasteiger partial charge in [-0.05, 0) is 37.6 Å². The number of carbonyl (C=O) groups is 2. The first-order valence-corrected chi connectivity index (χ1v) is 9.39. The van der Waals surface area contributed by atoms with E-state index < -0.39 is 17.9 Å². The number of rotatable bonds is 7. The molecule has 30 heavy (non-hydrogen) atoms. The fraction of sp³-hybridized carbons (Fsp3) is 0.238. The fourth-order valence-electron chi connectivity index (χ4n) is 3.13. The van der Waals surface area contributed by atoms with Gasteiger partial charge in [-0.1, -0.05) is 24.3 Å². The minimum Gasteiger partial charge on any atom is -0.352 e. The van der Waals surface area contributed by atoms with E-state index in [4.69, 9.17) is 5.73 Å². The van der Waals surface area contributed by atoms with Crippen LogP contribution in [0.4, 0.5) is 9.18 Å². The van der Waals surface area contributed by atoms with Crippen LogP contribution < -0.4 is 16.4 Å². The second-order valence-corrected chi connectivity index (χ2v) is 6.93. The second kappa shape index (κ2) is 9.17. The van der Waals surface area contributed by atoms with Crippen molar-refractivity contribution in [1.82, 2.24) is 25.4 Å². The summed E-state index contributed by atoms with van der Waals surface area (Å²) in [5.74, 6) is -0.200. The Hall–Kier alpha value is -3.75. The molecule has 8 nitrogen and oxygen atoms in total. The lowest BCUT2D eigenvalue weighted by Crippen LogP contribution is -2.37. The number of pyridine rings is 1. The van der Waals surface area contributed by atoms with E-state index in [1.807, 2.05) is 32.0 Å². The maximum atomic E-state index is 14.1. The molecule has 0 fully saturated rings. The summed E-state index contributed by atoms with van der Waals surface area (Å²) in [6.07, 6.45) is 1.50. The quantitative estimate of drug-likeness (QED) is 0.555. The van der Waals surface area contributed by atoms with Gasteiger partial charge in [0.15, 0.2) is 5.82 Å². The van der Waals surface area contributed by atoms with Gasteiger partial charge in [0.25, 0.3) is 0 Å². The molecule has 3 rings (SSSR count). The van der Waals surface area contributed by atoms with Crippen LogP contribution in [-0.2, 0) is 11.3 Å². The summed E-state index contributed by atoms with van der Waals surface area (Å²) in [6, 6.07) is 9.85. The summed E-state index contributed by atoms with van der Waals surface area (Å²) in [4.78, 5) is 28.0. The number of primary amides is 1. The van der Waals surface area contributed by atoms with Crippen LogP contribution in [0.15, 0.2) is 48.7 Å². The molecule has 156 valence electrons. The molecule has 0 aliphatic heterocycles. The summed E-state index contributed by atoms with van der Waals surface area (Å²) < 4.78 is 15.8. The Morgan fingerprint density at radius 3 is 2.57 bits per heavy atom. The third-order valence-corrected chi connectivity index (χ3v) is 4.51. The molecule has 1 aromatic carbocycles. The Morgan fingerprint density at radius 2 is 1.97 bits per heavy atom. The van der Waals surface area contributed by atoms with Crippen LogP contribution in [0.1, 0.15) is 35.0 Å². The van der Waals surface area contributed by atoms with E-state index in [9.17, 15) is 14.0 Å². The van der Waals surface area contributed by atoms with Crippen LogP contribution in [0.5, 0.6) is 0 Å². The van der Waals surface area contributed by atoms with Gasteiger partial charge in [0, 0.05) is 24.0 Å². The molecule has 0 saturated heterocycles. The van der Waals surface area contributed by atoms with E-state index in [1.165, 1.54) is 18.2 Å². The number of carbonyl (C=O) groups excluding carboxylic acids is 2. The Bertz CT molecular complexity index is 1050. The molecule has 0 bridgehead atoms. The summed E-state index contributed by atoms with van der Waals surface area (Å²) in [5, 5.41) is 9.55. The standard InChI is InChI=1S/C21H23FN6O2/c1-13-9-14(2)28(27-13)19-8-7-15(11-24-19)12-25-20(29)10-18(26-21(23)30)16-5-3-4-6-17(16)22/h3-9,11,18H,10,12H2,1-2H3,(H,25,29)(H3,23,26,30). The Balaban J connectivity index is 1.62. The molecular weight excluding hydrogens is 387 g/mol. The predicted octanol–water partition coefficient (Wildman–Crippen LogP) is 2.44. The number of hydrogen-bond donors (Lipinski definition) is 3. The van der Waals surface area contributed by atoms with Gasteiger partial charge in [0.2, 0.25) is 5.91 Å². The third-order valence-electron chi connectivity index (χ3n) is 4.51. The number of nitrogens with two attached hydrogens (primary N) is 1. The first kappa shape index (κ1) is 21.0. The van der Waals surface area contributed by atoms with Crippen LogP contribution in [0.3, 0.4) is 0 Å². The number of aromatic nitrogens is 3. The van der Waals surface area contributed by atoms with E-state index >= 15 is 0 Å². The Labute approximate surface area is 173 Å². The highest BCUT2D eigenvalue weighted by atomic mass is 19.1. The van der Waals surface area contributed by atoms with Crippen molar-refractivity contribution in [2.24, 2.45) is 5.73 Å². The first-order chi connectivity index (χ1) is 14.3. The van der Waals surface area contributed by atoms with Crippen molar-refractivity contribution in [3.63, 3.8) is 0 Å². The van der Waals surface area contributed by atoms with Crippen LogP contribution in [0, 0.1) is 19.7 Å². The summed E-state index contributed by atoms with van der Waals surface area (Å²) in [5.41, 5.74) is 8.04. The van der Waals surface area contributed by atoms with Crippen molar-refractivity contribution in [3.05, 3.63) is 77.0 Å². The number of halogens is 1. The van der Waals surface area contributed by atoms with Gasteiger partial charge in [-0.25, -0.2) is 18.9 Å². The molecule has 0 aliphatic rings. The van der Waals surface area contributed by atoms with Gasteiger partial charge in [0.05, 0.1) is 18.2 Å². The highest BCUT2D eigenvalue weighted by Gasteiger charge is 2.20. The number of amides is 3. The summed E-state index contributed by atoms with van der Waals surface area (Å²) in [6.45, 7) is 4.10. The van der Waals surface area contributed by atoms with Crippen molar-refractivity contribution in [1.29, 1.82) is 0 Å². The molecular formula is C21H23FN6O2. The molecule has 3 amide bonds. The first-order valence-electron chi connectivity index (χ1n) is 9.39. The fourth-order valence-corrected chi connectivity index (χ4v) is 3.13. The molecule has 0 spiro atoms. The van der Waals surface area contributed by atoms with Gasteiger partial charge in [-0.15, -0.1) is 0 Å². The molecule has 0 aliphatic carbocycles. The van der Waals surface area contributed by atoms with Crippen LogP contribution in [0.25, 0.3) is 5.82 Å². The zero-order valence-electron chi connectivity index (χ0n) is 16.7. The smallest absolute Gasteiger partial charge is 0.312 e. The van der Waals surface area contributed by atoms with Crippen molar-refractivity contribution in [3.8, 4) is 5.82 Å². The van der Waals surface area contributed by atoms with Gasteiger partial charge in [-0.2, -0.15) is 5.10 Å². The van der Waals surface area contributed by atoms with Crippen LogP contribution in [-0.4, -0.2) is 26.7 Å². The zero-order chi connectivity index (χ0) is 21.7. The maximum absolute atomic E-state index is 14.1. The molecule has 9 heteroatoms. The van der Waals surface area contributed by atoms with Gasteiger partial charge < -0.3 is 16.4 Å². The van der Waals surface area contributed by atoms with Crippen LogP contribution >= 0.6 is 0 Å². The van der Waals surface area contributed by atoms with Crippen molar-refractivity contribution in [2.45, 2.75) is 32.9 Å². The average molecular weight is 410 g/mol. The predicted molar refractivity (Wildman–Crippen MR) is 109 cm³/mol. The van der Waals surface area contributed by atoms with E-state index in [2.05, 4.69) is 20.7 Å². The topological polar surface area (TPSA) is 115 Å². The molecule has 3 aromatic rings. The highest BCUT2D eigenvalue weighted by Crippen LogP contribution is 2.20. The van der Waals surface area contributed by atoms with Crippen molar-refractivity contribution in [2.75, 3.05) is 0 Å². The molecule has 4 N–H and O–H groups in total. The maximum Gasteiger partial charge on any atom is 0.312 e. The average Bonchev–Trinajstić information content (AvgIpc) is 3.04. The van der Waals surface area contributed by atoms with Crippen molar-refractivity contribution < 1.29 is 14.0 Å². The molecule has 0 radical (unpaired) electrons. The largest absolute Gasteiger partial charge is 0.352 e. The Kier molecular flexibility index (Phi) is 6.41. The van der Waals surface area contributed by atoms with E-state index in [-0.39, 0.29) is 24.4 Å². The minimum atomic E-state index is -0.866. The number of hydrogen-bond acceptors (Lipinski definition) is 4. The van der Waals surface area contributed by atoms with E-state index in [1.54, 1.807) is 16.9 Å². The van der Waals surface area contributed by atoms with E-state index in [0.717, 1.165) is 17.0 Å². The monoisotopic (exact) mass is 410 g/mol. The lowest BCUT2D eigenvalue weighted by Gasteiger charge is -2.18. The normalized spacial score (nSPS) is 11.7. The van der Waals surface area contributed by atoms with Gasteiger partial charge in [0.1, 0.15) is 5.82 Å². The lowest BCUT2D eigenvalue weighted by molar-refractivity contribution is -0.121.